The number of nitrogens with one attached hydrogen (secondary N) is 1. The molecule has 24 heavy (non-hydrogen) atoms. The predicted octanol–water partition coefficient (Wildman–Crippen LogP) is 2.67. The Balaban J connectivity index is 2.19. The Morgan fingerprint density at radius 1 is 1.21 bits per heavy atom. The van der Waals surface area contributed by atoms with Crippen molar-refractivity contribution in [2.45, 2.75) is 52.9 Å². The maximum Gasteiger partial charge on any atom is 0.338 e. The summed E-state index contributed by atoms with van der Waals surface area (Å²) < 4.78 is 5.71. The lowest BCUT2D eigenvalue weighted by Gasteiger charge is -2.32. The fourth-order valence-corrected chi connectivity index (χ4v) is 3.12. The van der Waals surface area contributed by atoms with E-state index in [1.807, 2.05) is 19.9 Å². The summed E-state index contributed by atoms with van der Waals surface area (Å²) >= 11 is 0. The molecule has 1 saturated heterocycles. The van der Waals surface area contributed by atoms with Crippen LogP contribution in [0.2, 0.25) is 0 Å². The van der Waals surface area contributed by atoms with Gasteiger partial charge < -0.3 is 9.64 Å². The van der Waals surface area contributed by atoms with Crippen LogP contribution < -0.4 is 5.32 Å². The predicted molar refractivity (Wildman–Crippen MR) is 93.4 cm³/mol. The quantitative estimate of drug-likeness (QED) is 0.861. The highest BCUT2D eigenvalue weighted by Crippen LogP contribution is 2.29. The summed E-state index contributed by atoms with van der Waals surface area (Å²) in [6.07, 6.45) is -0.605. The first-order valence-corrected chi connectivity index (χ1v) is 8.41. The third-order valence-corrected chi connectivity index (χ3v) is 4.40. The zero-order valence-electron chi connectivity index (χ0n) is 15.4. The number of rotatable bonds is 4. The summed E-state index contributed by atoms with van der Waals surface area (Å²) in [6.45, 7) is 10.2. The number of nitrogens with zero attached hydrogens (tertiary/aromatic N) is 1. The standard InChI is InChI=1S/C19H28N2O3/c1-12(2)15(24-17(23)13-10-8-7-9-11-13)14-16(22)21(6)18(20-14)19(3,4)5/h7-12,14-15,18,20H,1-6H3. The van der Waals surface area contributed by atoms with Crippen molar-refractivity contribution in [2.75, 3.05) is 7.05 Å². The fraction of sp³-hybridized carbons (Fsp3) is 0.579. The number of hydrogen-bond acceptors (Lipinski definition) is 4. The maximum atomic E-state index is 12.7. The van der Waals surface area contributed by atoms with Gasteiger partial charge in [0.25, 0.3) is 0 Å². The molecular formula is C19H28N2O3. The van der Waals surface area contributed by atoms with E-state index in [4.69, 9.17) is 4.74 Å². The lowest BCUT2D eigenvalue weighted by Crippen LogP contribution is -2.49. The zero-order valence-corrected chi connectivity index (χ0v) is 15.4. The minimum absolute atomic E-state index is 0.0197. The highest BCUT2D eigenvalue weighted by Gasteiger charge is 2.47. The van der Waals surface area contributed by atoms with Gasteiger partial charge in [0.1, 0.15) is 12.1 Å². The van der Waals surface area contributed by atoms with Gasteiger partial charge in [0.15, 0.2) is 0 Å². The number of esters is 1. The van der Waals surface area contributed by atoms with Crippen molar-refractivity contribution >= 4 is 11.9 Å². The van der Waals surface area contributed by atoms with Crippen LogP contribution in [-0.2, 0) is 9.53 Å². The Hall–Kier alpha value is -1.88. The Morgan fingerprint density at radius 2 is 1.79 bits per heavy atom. The Kier molecular flexibility index (Phi) is 5.33. The van der Waals surface area contributed by atoms with Crippen molar-refractivity contribution in [1.29, 1.82) is 0 Å². The van der Waals surface area contributed by atoms with Gasteiger partial charge in [-0.2, -0.15) is 0 Å². The summed E-state index contributed by atoms with van der Waals surface area (Å²) in [4.78, 5) is 26.8. The number of carbonyl (C=O) groups is 2. The van der Waals surface area contributed by atoms with E-state index in [0.717, 1.165) is 0 Å². The molecule has 3 unspecified atom stereocenters. The van der Waals surface area contributed by atoms with Gasteiger partial charge in [0, 0.05) is 7.05 Å². The van der Waals surface area contributed by atoms with Crippen molar-refractivity contribution in [1.82, 2.24) is 10.2 Å². The Labute approximate surface area is 144 Å². The second-order valence-electron chi connectivity index (χ2n) is 7.84. The molecule has 1 amide bonds. The van der Waals surface area contributed by atoms with Crippen LogP contribution in [0.5, 0.6) is 0 Å². The van der Waals surface area contributed by atoms with Crippen molar-refractivity contribution in [3.63, 3.8) is 0 Å². The van der Waals surface area contributed by atoms with Crippen molar-refractivity contribution in [3.8, 4) is 0 Å². The van der Waals surface area contributed by atoms with E-state index in [1.165, 1.54) is 0 Å². The van der Waals surface area contributed by atoms with Gasteiger partial charge in [-0.25, -0.2) is 4.79 Å². The van der Waals surface area contributed by atoms with Crippen LogP contribution in [0.25, 0.3) is 0 Å². The molecule has 1 aliphatic heterocycles. The minimum Gasteiger partial charge on any atom is -0.456 e. The highest BCUT2D eigenvalue weighted by atomic mass is 16.5. The molecule has 0 bridgehead atoms. The molecule has 0 radical (unpaired) electrons. The van der Waals surface area contributed by atoms with E-state index in [0.29, 0.717) is 5.56 Å². The topological polar surface area (TPSA) is 58.6 Å². The third-order valence-electron chi connectivity index (χ3n) is 4.40. The van der Waals surface area contributed by atoms with Crippen LogP contribution in [0, 0.1) is 11.3 Å². The molecule has 3 atom stereocenters. The Bertz CT molecular complexity index is 592. The molecule has 0 spiro atoms. The molecular weight excluding hydrogens is 304 g/mol. The maximum absolute atomic E-state index is 12.7. The van der Waals surface area contributed by atoms with Gasteiger partial charge in [-0.15, -0.1) is 0 Å². The van der Waals surface area contributed by atoms with Gasteiger partial charge in [-0.1, -0.05) is 52.8 Å². The smallest absolute Gasteiger partial charge is 0.338 e. The van der Waals surface area contributed by atoms with Crippen LogP contribution in [0.3, 0.4) is 0 Å². The summed E-state index contributed by atoms with van der Waals surface area (Å²) in [6, 6.07) is 8.35. The second kappa shape index (κ2) is 6.93. The molecule has 0 aromatic heterocycles. The van der Waals surface area contributed by atoms with E-state index < -0.39 is 18.1 Å². The monoisotopic (exact) mass is 332 g/mol. The normalized spacial score (nSPS) is 22.8. The van der Waals surface area contributed by atoms with Crippen LogP contribution in [-0.4, -0.2) is 42.1 Å². The number of likely N-dealkylation sites (N-methyl/N-ethyl adjacent to an activating group) is 1. The molecule has 1 aliphatic rings. The highest BCUT2D eigenvalue weighted by molar-refractivity contribution is 5.90. The molecule has 132 valence electrons. The van der Waals surface area contributed by atoms with E-state index in [9.17, 15) is 9.59 Å². The SMILES string of the molecule is CC(C)C(OC(=O)c1ccccc1)C1NC(C(C)(C)C)N(C)C1=O. The first-order chi connectivity index (χ1) is 11.1. The Morgan fingerprint density at radius 3 is 2.25 bits per heavy atom. The van der Waals surface area contributed by atoms with Crippen molar-refractivity contribution < 1.29 is 14.3 Å². The third kappa shape index (κ3) is 3.78. The first-order valence-electron chi connectivity index (χ1n) is 8.41. The van der Waals surface area contributed by atoms with Gasteiger partial charge >= 0.3 is 5.97 Å². The van der Waals surface area contributed by atoms with E-state index >= 15 is 0 Å². The van der Waals surface area contributed by atoms with Gasteiger partial charge in [0.05, 0.1) is 11.7 Å². The molecule has 1 aromatic carbocycles. The zero-order chi connectivity index (χ0) is 18.1. The summed E-state index contributed by atoms with van der Waals surface area (Å²) in [7, 11) is 1.79. The molecule has 1 aromatic rings. The molecule has 2 rings (SSSR count). The summed E-state index contributed by atoms with van der Waals surface area (Å²) in [5.74, 6) is -0.411. The fourth-order valence-electron chi connectivity index (χ4n) is 3.12. The van der Waals surface area contributed by atoms with Crippen LogP contribution in [0.1, 0.15) is 45.0 Å². The number of benzene rings is 1. The lowest BCUT2D eigenvalue weighted by atomic mass is 9.92. The largest absolute Gasteiger partial charge is 0.456 e. The minimum atomic E-state index is -0.521. The van der Waals surface area contributed by atoms with Gasteiger partial charge in [0.2, 0.25) is 5.91 Å². The van der Waals surface area contributed by atoms with E-state index in [1.54, 1.807) is 36.2 Å². The van der Waals surface area contributed by atoms with E-state index in [-0.39, 0.29) is 23.4 Å². The van der Waals surface area contributed by atoms with Crippen LogP contribution in [0.4, 0.5) is 0 Å². The average molecular weight is 332 g/mol. The van der Waals surface area contributed by atoms with Gasteiger partial charge in [-0.05, 0) is 23.5 Å². The molecule has 0 saturated carbocycles. The average Bonchev–Trinajstić information content (AvgIpc) is 2.81. The molecule has 1 heterocycles. The lowest BCUT2D eigenvalue weighted by molar-refractivity contribution is -0.132. The molecule has 0 aliphatic carbocycles. The second-order valence-corrected chi connectivity index (χ2v) is 7.84. The number of hydrogen-bond donors (Lipinski definition) is 1. The van der Waals surface area contributed by atoms with E-state index in [2.05, 4.69) is 26.1 Å². The summed E-state index contributed by atoms with van der Waals surface area (Å²) in [5.41, 5.74) is 0.388. The van der Waals surface area contributed by atoms with Crippen molar-refractivity contribution in [3.05, 3.63) is 35.9 Å². The number of amides is 1. The molecule has 5 nitrogen and oxygen atoms in total. The molecule has 1 fully saturated rings. The van der Waals surface area contributed by atoms with Crippen molar-refractivity contribution in [2.24, 2.45) is 11.3 Å². The number of ether oxygens (including phenoxy) is 1. The first kappa shape index (κ1) is 18.5. The number of carbonyl (C=O) groups excluding carboxylic acids is 2. The van der Waals surface area contributed by atoms with Gasteiger partial charge in [-0.3, -0.25) is 10.1 Å². The molecule has 1 N–H and O–H groups in total. The van der Waals surface area contributed by atoms with Crippen LogP contribution in [0.15, 0.2) is 30.3 Å². The molecule has 5 heteroatoms. The summed E-state index contributed by atoms with van der Waals surface area (Å²) in [5, 5.41) is 3.37. The van der Waals surface area contributed by atoms with Crippen LogP contribution >= 0.6 is 0 Å².